The minimum Gasteiger partial charge on any atom is -0.462 e. The predicted octanol–water partition coefficient (Wildman–Crippen LogP) is 6.12. The van der Waals surface area contributed by atoms with Gasteiger partial charge in [0.25, 0.3) is 5.91 Å². The van der Waals surface area contributed by atoms with Crippen molar-refractivity contribution < 1.29 is 19.2 Å². The van der Waals surface area contributed by atoms with Crippen LogP contribution in [0.3, 0.4) is 0 Å². The average molecular weight is 501 g/mol. The van der Waals surface area contributed by atoms with Crippen molar-refractivity contribution in [3.63, 3.8) is 0 Å². The molecule has 2 aliphatic rings. The van der Waals surface area contributed by atoms with Crippen molar-refractivity contribution in [1.82, 2.24) is 4.90 Å². The Morgan fingerprint density at radius 1 is 1.17 bits per heavy atom. The number of halogens is 1. The van der Waals surface area contributed by atoms with E-state index in [4.69, 9.17) is 21.2 Å². The largest absolute Gasteiger partial charge is 0.462 e. The third kappa shape index (κ3) is 7.44. The monoisotopic (exact) mass is 500 g/mol. The van der Waals surface area contributed by atoms with E-state index in [0.29, 0.717) is 41.3 Å². The van der Waals surface area contributed by atoms with Crippen LogP contribution in [-0.2, 0) is 20.8 Å². The molecular formula is C28H37ClN2O4. The highest BCUT2D eigenvalue weighted by Gasteiger charge is 2.26. The fourth-order valence-electron chi connectivity index (χ4n) is 4.75. The number of fused-ring (bicyclic) bond motifs is 1. The molecule has 190 valence electrons. The van der Waals surface area contributed by atoms with Crippen LogP contribution in [-0.4, -0.2) is 48.3 Å². The number of aryl methyl sites for hydroxylation is 2. The van der Waals surface area contributed by atoms with Crippen LogP contribution in [0.2, 0.25) is 5.02 Å². The van der Waals surface area contributed by atoms with Crippen molar-refractivity contribution in [3.8, 4) is 0 Å². The molecule has 1 atom stereocenters. The molecule has 2 aliphatic heterocycles. The second-order valence-electron chi connectivity index (χ2n) is 9.23. The third-order valence-electron chi connectivity index (χ3n) is 6.59. The Bertz CT molecular complexity index is 999. The summed E-state index contributed by atoms with van der Waals surface area (Å²) in [6.07, 6.45) is 14.9. The summed E-state index contributed by atoms with van der Waals surface area (Å²) in [4.78, 5) is 33.2. The summed E-state index contributed by atoms with van der Waals surface area (Å²) in [7, 11) is 0. The van der Waals surface area contributed by atoms with Crippen molar-refractivity contribution >= 4 is 29.2 Å². The first-order valence-corrected chi connectivity index (χ1v) is 13.1. The van der Waals surface area contributed by atoms with Gasteiger partial charge in [0.15, 0.2) is 6.61 Å². The first-order chi connectivity index (χ1) is 16.9. The zero-order valence-corrected chi connectivity index (χ0v) is 21.9. The molecular weight excluding hydrogens is 464 g/mol. The first kappa shape index (κ1) is 27.0. The molecule has 0 saturated carbocycles. The van der Waals surface area contributed by atoms with Crippen LogP contribution in [0.15, 0.2) is 35.5 Å². The standard InChI is InChI=1S/C28H37ClN2O4/c1-4-23-14-10-11-15-31(23)25(32)19-35-30-22-13-9-7-5-6-8-12-16-34-28(33)26-20(2)17-21(3)27(29)24(26)18-22/h6,8-9,13,17,23H,4-5,7,10-12,14-16,18-19H2,1-3H3/b8-6+,13-9?,30-22?. The maximum Gasteiger partial charge on any atom is 0.338 e. The second kappa shape index (κ2) is 13.5. The zero-order chi connectivity index (χ0) is 25.2. The van der Waals surface area contributed by atoms with Crippen molar-refractivity contribution in [3.05, 3.63) is 57.6 Å². The number of amides is 1. The number of cyclic esters (lactones) is 1. The lowest BCUT2D eigenvalue weighted by molar-refractivity contribution is -0.139. The van der Waals surface area contributed by atoms with E-state index in [0.717, 1.165) is 56.2 Å². The summed E-state index contributed by atoms with van der Waals surface area (Å²) < 4.78 is 5.54. The van der Waals surface area contributed by atoms with E-state index < -0.39 is 0 Å². The van der Waals surface area contributed by atoms with E-state index in [-0.39, 0.29) is 24.5 Å². The number of likely N-dealkylation sites (tertiary alicyclic amines) is 1. The minimum atomic E-state index is -0.389. The van der Waals surface area contributed by atoms with Gasteiger partial charge in [-0.15, -0.1) is 0 Å². The van der Waals surface area contributed by atoms with Crippen molar-refractivity contribution in [2.24, 2.45) is 5.16 Å². The molecule has 1 aromatic rings. The van der Waals surface area contributed by atoms with Crippen LogP contribution in [0, 0.1) is 13.8 Å². The van der Waals surface area contributed by atoms with Gasteiger partial charge < -0.3 is 14.5 Å². The number of esters is 1. The van der Waals surface area contributed by atoms with Crippen molar-refractivity contribution in [1.29, 1.82) is 0 Å². The highest BCUT2D eigenvalue weighted by atomic mass is 35.5. The summed E-state index contributed by atoms with van der Waals surface area (Å²) >= 11 is 6.68. The lowest BCUT2D eigenvalue weighted by Gasteiger charge is -2.34. The normalized spacial score (nSPS) is 21.7. The topological polar surface area (TPSA) is 68.2 Å². The number of carbonyl (C=O) groups excluding carboxylic acids is 2. The smallest absolute Gasteiger partial charge is 0.338 e. The molecule has 1 saturated heterocycles. The highest BCUT2D eigenvalue weighted by molar-refractivity contribution is 6.33. The van der Waals surface area contributed by atoms with Gasteiger partial charge in [0.2, 0.25) is 0 Å². The third-order valence-corrected chi connectivity index (χ3v) is 7.11. The van der Waals surface area contributed by atoms with E-state index in [1.165, 1.54) is 0 Å². The highest BCUT2D eigenvalue weighted by Crippen LogP contribution is 2.29. The van der Waals surface area contributed by atoms with Gasteiger partial charge in [0, 0.05) is 24.0 Å². The average Bonchev–Trinajstić information content (AvgIpc) is 2.85. The van der Waals surface area contributed by atoms with Gasteiger partial charge in [-0.25, -0.2) is 4.79 Å². The zero-order valence-electron chi connectivity index (χ0n) is 21.1. The van der Waals surface area contributed by atoms with Gasteiger partial charge in [-0.2, -0.15) is 0 Å². The Morgan fingerprint density at radius 2 is 1.94 bits per heavy atom. The molecule has 3 rings (SSSR count). The van der Waals surface area contributed by atoms with E-state index in [9.17, 15) is 9.59 Å². The molecule has 0 N–H and O–H groups in total. The number of hydrogen-bond donors (Lipinski definition) is 0. The van der Waals surface area contributed by atoms with E-state index in [1.54, 1.807) is 0 Å². The van der Waals surface area contributed by atoms with Crippen LogP contribution in [0.4, 0.5) is 0 Å². The van der Waals surface area contributed by atoms with Crippen molar-refractivity contribution in [2.75, 3.05) is 19.8 Å². The SMILES string of the molecule is CCC1CCCCN1C(=O)CON=C1C=CCC/C=C/CCOC(=O)c2c(C)cc(C)c(Cl)c2C1. The first-order valence-electron chi connectivity index (χ1n) is 12.7. The molecule has 1 amide bonds. The van der Waals surface area contributed by atoms with Crippen LogP contribution in [0.1, 0.15) is 78.9 Å². The van der Waals surface area contributed by atoms with Crippen LogP contribution < -0.4 is 0 Å². The summed E-state index contributed by atoms with van der Waals surface area (Å²) in [6.45, 7) is 6.90. The van der Waals surface area contributed by atoms with Gasteiger partial charge in [-0.1, -0.05) is 48.0 Å². The Morgan fingerprint density at radius 3 is 2.74 bits per heavy atom. The van der Waals surface area contributed by atoms with E-state index >= 15 is 0 Å². The minimum absolute atomic E-state index is 0.0374. The molecule has 0 aliphatic carbocycles. The second-order valence-corrected chi connectivity index (χ2v) is 9.61. The van der Waals surface area contributed by atoms with Gasteiger partial charge in [0.1, 0.15) is 0 Å². The molecule has 0 spiro atoms. The molecule has 1 aromatic carbocycles. The van der Waals surface area contributed by atoms with Crippen molar-refractivity contribution in [2.45, 2.75) is 78.2 Å². The molecule has 2 heterocycles. The van der Waals surface area contributed by atoms with E-state index in [2.05, 4.69) is 18.2 Å². The number of oxime groups is 1. The van der Waals surface area contributed by atoms with Crippen LogP contribution in [0.5, 0.6) is 0 Å². The molecule has 6 nitrogen and oxygen atoms in total. The number of hydrogen-bond acceptors (Lipinski definition) is 5. The summed E-state index contributed by atoms with van der Waals surface area (Å²) in [5.41, 5.74) is 3.44. The molecule has 35 heavy (non-hydrogen) atoms. The molecule has 0 bridgehead atoms. The number of carbonyl (C=O) groups is 2. The lowest BCUT2D eigenvalue weighted by atomic mass is 9.94. The number of allylic oxidation sites excluding steroid dienone is 3. The Labute approximate surface area is 214 Å². The summed E-state index contributed by atoms with van der Waals surface area (Å²) in [5.74, 6) is -0.426. The Hall–Kier alpha value is -2.60. The van der Waals surface area contributed by atoms with Gasteiger partial charge in [0.05, 0.1) is 17.9 Å². The number of ether oxygens (including phenoxy) is 1. The van der Waals surface area contributed by atoms with Gasteiger partial charge in [-0.3, -0.25) is 4.79 Å². The van der Waals surface area contributed by atoms with Crippen LogP contribution in [0.25, 0.3) is 0 Å². The number of piperidine rings is 1. The Kier molecular flexibility index (Phi) is 10.4. The number of nitrogens with zero attached hydrogens (tertiary/aromatic N) is 2. The Balaban J connectivity index is 1.85. The summed E-state index contributed by atoms with van der Waals surface area (Å²) in [6, 6.07) is 2.17. The molecule has 1 fully saturated rings. The fourth-order valence-corrected chi connectivity index (χ4v) is 4.96. The molecule has 0 radical (unpaired) electrons. The lowest BCUT2D eigenvalue weighted by Crippen LogP contribution is -2.44. The van der Waals surface area contributed by atoms with Crippen LogP contribution >= 0.6 is 11.6 Å². The molecule has 1 unspecified atom stereocenters. The van der Waals surface area contributed by atoms with E-state index in [1.807, 2.05) is 43.0 Å². The fraction of sp³-hybridized carbons (Fsp3) is 0.536. The number of benzene rings is 1. The van der Waals surface area contributed by atoms with Gasteiger partial charge >= 0.3 is 5.97 Å². The summed E-state index contributed by atoms with van der Waals surface area (Å²) in [5, 5.41) is 4.84. The molecule has 0 aromatic heterocycles. The van der Waals surface area contributed by atoms with Gasteiger partial charge in [-0.05, 0) is 81.6 Å². The maximum atomic E-state index is 13.0. The quantitative estimate of drug-likeness (QED) is 0.284. The maximum absolute atomic E-state index is 13.0. The predicted molar refractivity (Wildman–Crippen MR) is 140 cm³/mol. The number of rotatable bonds is 4. The molecule has 7 heteroatoms.